The Hall–Kier alpha value is -4.04. The second-order valence-corrected chi connectivity index (χ2v) is 6.47. The number of hydrogen-bond donors (Lipinski definition) is 2. The fraction of sp³-hybridized carbons (Fsp3) is 0. The van der Waals surface area contributed by atoms with E-state index in [0.29, 0.717) is 27.4 Å². The van der Waals surface area contributed by atoms with Crippen molar-refractivity contribution in [3.05, 3.63) is 105 Å². The number of amides is 2. The summed E-state index contributed by atoms with van der Waals surface area (Å²) in [5.41, 5.74) is 4.13. The molecule has 0 radical (unpaired) electrons. The van der Waals surface area contributed by atoms with Gasteiger partial charge in [-0.25, -0.2) is 5.43 Å². The zero-order valence-corrected chi connectivity index (χ0v) is 16.2. The number of hydrogen-bond acceptors (Lipinski definition) is 5. The predicted molar refractivity (Wildman–Crippen MR) is 114 cm³/mol. The van der Waals surface area contributed by atoms with Crippen LogP contribution in [-0.2, 0) is 0 Å². The van der Waals surface area contributed by atoms with E-state index in [1.807, 2.05) is 0 Å². The van der Waals surface area contributed by atoms with Gasteiger partial charge in [-0.3, -0.25) is 19.7 Å². The van der Waals surface area contributed by atoms with E-state index in [1.165, 1.54) is 30.5 Å². The zero-order chi connectivity index (χ0) is 21.5. The molecule has 2 amide bonds. The summed E-state index contributed by atoms with van der Waals surface area (Å²) in [6, 6.07) is 18.7. The molecule has 9 heteroatoms. The van der Waals surface area contributed by atoms with Crippen LogP contribution in [0.3, 0.4) is 0 Å². The third-order valence-corrected chi connectivity index (χ3v) is 4.34. The first-order chi connectivity index (χ1) is 14.4. The Labute approximate surface area is 176 Å². The minimum absolute atomic E-state index is 0.0297. The van der Waals surface area contributed by atoms with E-state index in [9.17, 15) is 19.7 Å². The maximum absolute atomic E-state index is 12.3. The van der Waals surface area contributed by atoms with E-state index >= 15 is 0 Å². The number of nitrogens with one attached hydrogen (secondary N) is 2. The number of rotatable bonds is 6. The lowest BCUT2D eigenvalue weighted by atomic mass is 10.1. The summed E-state index contributed by atoms with van der Waals surface area (Å²) in [4.78, 5) is 34.5. The molecule has 0 aliphatic rings. The summed E-state index contributed by atoms with van der Waals surface area (Å²) in [5, 5.41) is 17.5. The number of hydrazone groups is 1. The van der Waals surface area contributed by atoms with Crippen LogP contribution in [0.15, 0.2) is 77.9 Å². The highest BCUT2D eigenvalue weighted by molar-refractivity contribution is 6.34. The second kappa shape index (κ2) is 9.44. The highest BCUT2D eigenvalue weighted by atomic mass is 35.5. The summed E-state index contributed by atoms with van der Waals surface area (Å²) in [5.74, 6) is -0.803. The molecule has 3 aromatic rings. The van der Waals surface area contributed by atoms with Crippen LogP contribution in [0, 0.1) is 10.1 Å². The lowest BCUT2D eigenvalue weighted by molar-refractivity contribution is -0.384. The van der Waals surface area contributed by atoms with Crippen LogP contribution < -0.4 is 10.7 Å². The van der Waals surface area contributed by atoms with Crippen molar-refractivity contribution in [3.63, 3.8) is 0 Å². The van der Waals surface area contributed by atoms with Gasteiger partial charge in [0, 0.05) is 23.4 Å². The van der Waals surface area contributed by atoms with Gasteiger partial charge < -0.3 is 5.32 Å². The van der Waals surface area contributed by atoms with Gasteiger partial charge in [0.05, 0.1) is 21.7 Å². The average Bonchev–Trinajstić information content (AvgIpc) is 2.74. The van der Waals surface area contributed by atoms with Crippen molar-refractivity contribution in [1.29, 1.82) is 0 Å². The molecular weight excluding hydrogens is 408 g/mol. The second-order valence-electron chi connectivity index (χ2n) is 6.06. The number of nitrogens with zero attached hydrogens (tertiary/aromatic N) is 2. The van der Waals surface area contributed by atoms with E-state index < -0.39 is 10.8 Å². The molecule has 0 spiro atoms. The number of anilines is 1. The molecule has 0 bridgehead atoms. The van der Waals surface area contributed by atoms with Gasteiger partial charge in [0.2, 0.25) is 0 Å². The molecule has 0 saturated heterocycles. The van der Waals surface area contributed by atoms with Crippen molar-refractivity contribution >= 4 is 41.0 Å². The van der Waals surface area contributed by atoms with Crippen LogP contribution in [0.5, 0.6) is 0 Å². The first kappa shape index (κ1) is 20.7. The van der Waals surface area contributed by atoms with Crippen molar-refractivity contribution in [3.8, 4) is 0 Å². The van der Waals surface area contributed by atoms with Gasteiger partial charge in [-0.2, -0.15) is 5.10 Å². The monoisotopic (exact) mass is 422 g/mol. The molecule has 0 aliphatic carbocycles. The van der Waals surface area contributed by atoms with Crippen molar-refractivity contribution < 1.29 is 14.5 Å². The Morgan fingerprint density at radius 3 is 2.23 bits per heavy atom. The molecule has 3 rings (SSSR count). The molecule has 0 saturated carbocycles. The van der Waals surface area contributed by atoms with Crippen LogP contribution in [-0.4, -0.2) is 23.0 Å². The molecule has 0 fully saturated rings. The maximum atomic E-state index is 12.3. The van der Waals surface area contributed by atoms with Gasteiger partial charge in [-0.05, 0) is 54.1 Å². The first-order valence-electron chi connectivity index (χ1n) is 8.68. The van der Waals surface area contributed by atoms with Crippen molar-refractivity contribution in [2.24, 2.45) is 5.10 Å². The van der Waals surface area contributed by atoms with Crippen molar-refractivity contribution in [2.75, 3.05) is 5.32 Å². The first-order valence-corrected chi connectivity index (χ1v) is 9.05. The molecule has 0 heterocycles. The average molecular weight is 423 g/mol. The SMILES string of the molecule is O=C(NN=Cc1ccc([N+](=O)[O-])cc1)c1ccc(NC(=O)c2ccccc2Cl)cc1. The Kier molecular flexibility index (Phi) is 6.51. The van der Waals surface area contributed by atoms with Crippen LogP contribution in [0.2, 0.25) is 5.02 Å². The minimum atomic E-state index is -0.497. The van der Waals surface area contributed by atoms with E-state index in [0.717, 1.165) is 0 Å². The summed E-state index contributed by atoms with van der Waals surface area (Å²) in [6.45, 7) is 0. The quantitative estimate of drug-likeness (QED) is 0.351. The van der Waals surface area contributed by atoms with Gasteiger partial charge in [0.15, 0.2) is 0 Å². The Morgan fingerprint density at radius 1 is 0.933 bits per heavy atom. The summed E-state index contributed by atoms with van der Waals surface area (Å²) in [6.07, 6.45) is 1.37. The van der Waals surface area contributed by atoms with Crippen molar-refractivity contribution in [2.45, 2.75) is 0 Å². The zero-order valence-electron chi connectivity index (χ0n) is 15.4. The highest BCUT2D eigenvalue weighted by Crippen LogP contribution is 2.17. The van der Waals surface area contributed by atoms with Crippen LogP contribution >= 0.6 is 11.6 Å². The van der Waals surface area contributed by atoms with E-state index in [-0.39, 0.29) is 11.6 Å². The van der Waals surface area contributed by atoms with E-state index in [4.69, 9.17) is 11.6 Å². The van der Waals surface area contributed by atoms with Gasteiger partial charge in [0.1, 0.15) is 0 Å². The lowest BCUT2D eigenvalue weighted by Crippen LogP contribution is -2.18. The molecular formula is C21H15ClN4O4. The number of nitro groups is 1. The summed E-state index contributed by atoms with van der Waals surface area (Å²) < 4.78 is 0. The van der Waals surface area contributed by atoms with Gasteiger partial charge in [-0.1, -0.05) is 23.7 Å². The molecule has 0 unspecified atom stereocenters. The Morgan fingerprint density at radius 2 is 1.60 bits per heavy atom. The van der Waals surface area contributed by atoms with E-state index in [2.05, 4.69) is 15.8 Å². The normalized spacial score (nSPS) is 10.6. The van der Waals surface area contributed by atoms with Crippen LogP contribution in [0.1, 0.15) is 26.3 Å². The fourth-order valence-electron chi connectivity index (χ4n) is 2.46. The molecule has 0 atom stereocenters. The molecule has 3 aromatic carbocycles. The van der Waals surface area contributed by atoms with Crippen LogP contribution in [0.4, 0.5) is 11.4 Å². The standard InChI is InChI=1S/C21H15ClN4O4/c22-19-4-2-1-3-18(19)21(28)24-16-9-7-15(8-10-16)20(27)25-23-13-14-5-11-17(12-6-14)26(29)30/h1-13H,(H,24,28)(H,25,27). The number of non-ortho nitro benzene ring substituents is 1. The molecule has 0 aromatic heterocycles. The van der Waals surface area contributed by atoms with Crippen molar-refractivity contribution in [1.82, 2.24) is 5.43 Å². The van der Waals surface area contributed by atoms with Crippen LogP contribution in [0.25, 0.3) is 0 Å². The third kappa shape index (κ3) is 5.27. The Bertz CT molecular complexity index is 1110. The topological polar surface area (TPSA) is 114 Å². The molecule has 150 valence electrons. The molecule has 0 aliphatic heterocycles. The number of benzene rings is 3. The summed E-state index contributed by atoms with van der Waals surface area (Å²) in [7, 11) is 0. The number of carbonyl (C=O) groups is 2. The smallest absolute Gasteiger partial charge is 0.271 e. The molecule has 2 N–H and O–H groups in total. The number of carbonyl (C=O) groups excluding carboxylic acids is 2. The summed E-state index contributed by atoms with van der Waals surface area (Å²) >= 11 is 6.01. The minimum Gasteiger partial charge on any atom is -0.322 e. The van der Waals surface area contributed by atoms with Gasteiger partial charge in [0.25, 0.3) is 17.5 Å². The lowest BCUT2D eigenvalue weighted by Gasteiger charge is -2.07. The number of halogens is 1. The predicted octanol–water partition coefficient (Wildman–Crippen LogP) is 4.26. The Balaban J connectivity index is 1.57. The van der Waals surface area contributed by atoms with E-state index in [1.54, 1.807) is 48.5 Å². The molecule has 30 heavy (non-hydrogen) atoms. The highest BCUT2D eigenvalue weighted by Gasteiger charge is 2.10. The van der Waals surface area contributed by atoms with Gasteiger partial charge >= 0.3 is 0 Å². The number of nitro benzene ring substituents is 1. The molecule has 8 nitrogen and oxygen atoms in total. The fourth-order valence-corrected chi connectivity index (χ4v) is 2.68. The third-order valence-electron chi connectivity index (χ3n) is 4.01. The van der Waals surface area contributed by atoms with Gasteiger partial charge in [-0.15, -0.1) is 0 Å². The largest absolute Gasteiger partial charge is 0.322 e. The maximum Gasteiger partial charge on any atom is 0.271 e.